The van der Waals surface area contributed by atoms with E-state index in [1.165, 1.54) is 0 Å². The molecular weight excluding hydrogens is 252 g/mol. The fourth-order valence-electron chi connectivity index (χ4n) is 1.47. The minimum absolute atomic E-state index is 0. The van der Waals surface area contributed by atoms with E-state index in [4.69, 9.17) is 10.5 Å². The van der Waals surface area contributed by atoms with Crippen LogP contribution in [-0.2, 0) is 4.79 Å². The first-order valence-corrected chi connectivity index (χ1v) is 5.73. The summed E-state index contributed by atoms with van der Waals surface area (Å²) < 4.78 is 5.10. The van der Waals surface area contributed by atoms with E-state index in [2.05, 4.69) is 5.32 Å². The van der Waals surface area contributed by atoms with Crippen molar-refractivity contribution < 1.29 is 9.53 Å². The molecule has 1 aromatic rings. The molecule has 0 bridgehead atoms. The summed E-state index contributed by atoms with van der Waals surface area (Å²) in [5, 5.41) is 2.87. The van der Waals surface area contributed by atoms with Crippen molar-refractivity contribution in [1.29, 1.82) is 0 Å². The predicted molar refractivity (Wildman–Crippen MR) is 76.5 cm³/mol. The molecule has 3 N–H and O–H groups in total. The van der Waals surface area contributed by atoms with Gasteiger partial charge in [-0.1, -0.05) is 0 Å². The van der Waals surface area contributed by atoms with E-state index in [9.17, 15) is 4.79 Å². The lowest BCUT2D eigenvalue weighted by molar-refractivity contribution is -0.116. The van der Waals surface area contributed by atoms with Crippen molar-refractivity contribution in [2.75, 3.05) is 12.4 Å². The van der Waals surface area contributed by atoms with Gasteiger partial charge in [0.1, 0.15) is 5.75 Å². The number of rotatable bonds is 5. The molecule has 0 aliphatic rings. The number of halogens is 1. The van der Waals surface area contributed by atoms with E-state index >= 15 is 0 Å². The summed E-state index contributed by atoms with van der Waals surface area (Å²) in [6.45, 7) is 3.83. The molecule has 0 fully saturated rings. The molecule has 1 aromatic carbocycles. The molecule has 1 amide bonds. The maximum Gasteiger partial charge on any atom is 0.224 e. The van der Waals surface area contributed by atoms with Crippen LogP contribution in [0, 0.1) is 6.92 Å². The van der Waals surface area contributed by atoms with E-state index in [1.54, 1.807) is 7.11 Å². The Morgan fingerprint density at radius 2 is 2.17 bits per heavy atom. The van der Waals surface area contributed by atoms with Crippen LogP contribution in [0.3, 0.4) is 0 Å². The second-order valence-electron chi connectivity index (χ2n) is 4.24. The minimum Gasteiger partial charge on any atom is -0.497 e. The minimum atomic E-state index is -0.00410. The molecule has 0 aromatic heterocycles. The van der Waals surface area contributed by atoms with Crippen LogP contribution in [0.25, 0.3) is 0 Å². The molecule has 0 aliphatic carbocycles. The number of carbonyl (C=O) groups excluding carboxylic acids is 1. The molecule has 0 aliphatic heterocycles. The molecule has 1 unspecified atom stereocenters. The number of hydrogen-bond acceptors (Lipinski definition) is 3. The second-order valence-corrected chi connectivity index (χ2v) is 4.24. The maximum atomic E-state index is 11.6. The number of hydrogen-bond donors (Lipinski definition) is 2. The Morgan fingerprint density at radius 1 is 1.50 bits per heavy atom. The number of nitrogens with one attached hydrogen (secondary N) is 1. The molecule has 102 valence electrons. The maximum absolute atomic E-state index is 11.6. The Hall–Kier alpha value is -1.26. The van der Waals surface area contributed by atoms with E-state index in [0.29, 0.717) is 12.8 Å². The first-order chi connectivity index (χ1) is 8.02. The van der Waals surface area contributed by atoms with Gasteiger partial charge in [0.05, 0.1) is 7.11 Å². The summed E-state index contributed by atoms with van der Waals surface area (Å²) in [7, 11) is 1.62. The van der Waals surface area contributed by atoms with Crippen molar-refractivity contribution in [1.82, 2.24) is 0 Å². The van der Waals surface area contributed by atoms with Gasteiger partial charge in [0.2, 0.25) is 5.91 Å². The number of methoxy groups -OCH3 is 1. The Balaban J connectivity index is 0.00000289. The molecule has 1 atom stereocenters. The highest BCUT2D eigenvalue weighted by Gasteiger charge is 2.06. The fourth-order valence-corrected chi connectivity index (χ4v) is 1.47. The lowest BCUT2D eigenvalue weighted by Gasteiger charge is -2.10. The number of nitrogens with two attached hydrogens (primary N) is 1. The highest BCUT2D eigenvalue weighted by atomic mass is 35.5. The van der Waals surface area contributed by atoms with Gasteiger partial charge in [-0.05, 0) is 44.0 Å². The van der Waals surface area contributed by atoms with Crippen LogP contribution >= 0.6 is 12.4 Å². The Morgan fingerprint density at radius 3 is 2.67 bits per heavy atom. The molecule has 4 nitrogen and oxygen atoms in total. The lowest BCUT2D eigenvalue weighted by Crippen LogP contribution is -2.19. The first kappa shape index (κ1) is 16.7. The molecule has 0 saturated carbocycles. The Labute approximate surface area is 114 Å². The van der Waals surface area contributed by atoms with Gasteiger partial charge < -0.3 is 15.8 Å². The van der Waals surface area contributed by atoms with Crippen molar-refractivity contribution >= 4 is 24.0 Å². The highest BCUT2D eigenvalue weighted by molar-refractivity contribution is 5.91. The highest BCUT2D eigenvalue weighted by Crippen LogP contribution is 2.21. The zero-order valence-electron chi connectivity index (χ0n) is 11.0. The van der Waals surface area contributed by atoms with E-state index < -0.39 is 0 Å². The van der Waals surface area contributed by atoms with Crippen molar-refractivity contribution in [2.24, 2.45) is 5.73 Å². The van der Waals surface area contributed by atoms with Crippen molar-refractivity contribution in [3.8, 4) is 5.75 Å². The standard InChI is InChI=1S/C13H20N2O2.ClH/c1-9-8-11(17-3)5-6-12(9)15-13(16)7-4-10(2)14;/h5-6,8,10H,4,7,14H2,1-3H3,(H,15,16);1H. The summed E-state index contributed by atoms with van der Waals surface area (Å²) in [6, 6.07) is 5.62. The molecule has 0 heterocycles. The summed E-state index contributed by atoms with van der Waals surface area (Å²) >= 11 is 0. The molecule has 0 radical (unpaired) electrons. The average molecular weight is 273 g/mol. The summed E-state index contributed by atoms with van der Waals surface area (Å²) in [6.07, 6.45) is 1.14. The summed E-state index contributed by atoms with van der Waals surface area (Å²) in [5.74, 6) is 0.784. The third-order valence-electron chi connectivity index (χ3n) is 2.53. The first-order valence-electron chi connectivity index (χ1n) is 5.73. The van der Waals surface area contributed by atoms with Crippen LogP contribution in [0.4, 0.5) is 5.69 Å². The van der Waals surface area contributed by atoms with Gasteiger partial charge in [0.25, 0.3) is 0 Å². The second kappa shape index (κ2) is 7.95. The Kier molecular flexibility index (Phi) is 7.39. The van der Waals surface area contributed by atoms with Gasteiger partial charge in [0, 0.05) is 18.2 Å². The lowest BCUT2D eigenvalue weighted by atomic mass is 10.1. The van der Waals surface area contributed by atoms with Gasteiger partial charge in [0.15, 0.2) is 0 Å². The largest absolute Gasteiger partial charge is 0.497 e. The normalized spacial score (nSPS) is 11.3. The third kappa shape index (κ3) is 5.38. The van der Waals surface area contributed by atoms with Crippen molar-refractivity contribution in [3.05, 3.63) is 23.8 Å². The van der Waals surface area contributed by atoms with Crippen LogP contribution in [0.15, 0.2) is 18.2 Å². The van der Waals surface area contributed by atoms with Crippen molar-refractivity contribution in [3.63, 3.8) is 0 Å². The fraction of sp³-hybridized carbons (Fsp3) is 0.462. The molecule has 0 saturated heterocycles. The number of anilines is 1. The van der Waals surface area contributed by atoms with Crippen LogP contribution < -0.4 is 15.8 Å². The van der Waals surface area contributed by atoms with E-state index in [-0.39, 0.29) is 24.4 Å². The quantitative estimate of drug-likeness (QED) is 0.866. The van der Waals surface area contributed by atoms with E-state index in [1.807, 2.05) is 32.0 Å². The molecule has 0 spiro atoms. The molecule has 1 rings (SSSR count). The molecule has 5 heteroatoms. The van der Waals surface area contributed by atoms with Crippen LogP contribution in [0.2, 0.25) is 0 Å². The number of amides is 1. The molecular formula is C13H21ClN2O2. The topological polar surface area (TPSA) is 64.3 Å². The number of benzene rings is 1. The van der Waals surface area contributed by atoms with Gasteiger partial charge in [-0.2, -0.15) is 0 Å². The van der Waals surface area contributed by atoms with Crippen LogP contribution in [0.1, 0.15) is 25.3 Å². The van der Waals surface area contributed by atoms with Crippen molar-refractivity contribution in [2.45, 2.75) is 32.7 Å². The summed E-state index contributed by atoms with van der Waals surface area (Å²) in [5.41, 5.74) is 7.41. The number of ether oxygens (including phenoxy) is 1. The monoisotopic (exact) mass is 272 g/mol. The third-order valence-corrected chi connectivity index (χ3v) is 2.53. The van der Waals surface area contributed by atoms with E-state index in [0.717, 1.165) is 17.0 Å². The number of aryl methyl sites for hydroxylation is 1. The zero-order valence-corrected chi connectivity index (χ0v) is 11.8. The average Bonchev–Trinajstić information content (AvgIpc) is 2.29. The van der Waals surface area contributed by atoms with Crippen LogP contribution in [-0.4, -0.2) is 19.1 Å². The van der Waals surface area contributed by atoms with Gasteiger partial charge >= 0.3 is 0 Å². The summed E-state index contributed by atoms with van der Waals surface area (Å²) in [4.78, 5) is 11.6. The smallest absolute Gasteiger partial charge is 0.224 e. The van der Waals surface area contributed by atoms with Gasteiger partial charge in [-0.3, -0.25) is 4.79 Å². The number of carbonyl (C=O) groups is 1. The predicted octanol–water partition coefficient (Wildman–Crippen LogP) is 2.49. The molecule has 18 heavy (non-hydrogen) atoms. The SMILES string of the molecule is COc1ccc(NC(=O)CCC(C)N)c(C)c1.Cl. The van der Waals surface area contributed by atoms with Crippen LogP contribution in [0.5, 0.6) is 5.75 Å². The van der Waals surface area contributed by atoms with Gasteiger partial charge in [-0.25, -0.2) is 0 Å². The van der Waals surface area contributed by atoms with Gasteiger partial charge in [-0.15, -0.1) is 12.4 Å². The Bertz CT molecular complexity index is 395. The zero-order chi connectivity index (χ0) is 12.8.